The molecule has 192 valence electrons. The number of primary amides is 1. The number of rotatable bonds is 9. The number of nitrogens with two attached hydrogens (primary N) is 1. The van der Waals surface area contributed by atoms with Crippen molar-refractivity contribution in [1.29, 1.82) is 0 Å². The number of fused-ring (bicyclic) bond motifs is 1. The van der Waals surface area contributed by atoms with Gasteiger partial charge < -0.3 is 15.6 Å². The van der Waals surface area contributed by atoms with Crippen molar-refractivity contribution in [3.8, 4) is 0 Å². The van der Waals surface area contributed by atoms with Crippen molar-refractivity contribution in [3.63, 3.8) is 0 Å². The molecule has 3 N–H and O–H groups in total. The van der Waals surface area contributed by atoms with Crippen molar-refractivity contribution in [2.24, 2.45) is 5.73 Å². The summed E-state index contributed by atoms with van der Waals surface area (Å²) in [5.41, 5.74) is 10.4. The summed E-state index contributed by atoms with van der Waals surface area (Å²) < 4.78 is 26.2. The van der Waals surface area contributed by atoms with Crippen LogP contribution in [0.15, 0.2) is 77.7 Å². The lowest BCUT2D eigenvalue weighted by molar-refractivity contribution is 0.0949. The predicted molar refractivity (Wildman–Crippen MR) is 145 cm³/mol. The Morgan fingerprint density at radius 3 is 2.11 bits per heavy atom. The molecule has 0 spiro atoms. The predicted octanol–water partition coefficient (Wildman–Crippen LogP) is 4.64. The van der Waals surface area contributed by atoms with Crippen molar-refractivity contribution in [1.82, 2.24) is 9.88 Å². The molecule has 0 saturated carbocycles. The van der Waals surface area contributed by atoms with Crippen molar-refractivity contribution in [2.75, 3.05) is 5.75 Å². The number of carbonyl (C=O) groups is 2. The number of amides is 2. The Kier molecular flexibility index (Phi) is 7.50. The molecule has 0 radical (unpaired) electrons. The zero-order chi connectivity index (χ0) is 26.7. The third kappa shape index (κ3) is 5.75. The van der Waals surface area contributed by atoms with Crippen LogP contribution in [-0.4, -0.2) is 30.6 Å². The minimum atomic E-state index is -3.25. The second-order valence-corrected chi connectivity index (χ2v) is 11.6. The zero-order valence-corrected chi connectivity index (χ0v) is 22.0. The van der Waals surface area contributed by atoms with Crippen molar-refractivity contribution >= 4 is 32.6 Å². The molecule has 0 fully saturated rings. The second-order valence-electron chi connectivity index (χ2n) is 9.34. The highest BCUT2D eigenvalue weighted by atomic mass is 32.2. The molecule has 7 nitrogen and oxygen atoms in total. The summed E-state index contributed by atoms with van der Waals surface area (Å²) in [6, 6.07) is 21.9. The topological polar surface area (TPSA) is 111 Å². The van der Waals surface area contributed by atoms with Gasteiger partial charge in [-0.05, 0) is 73.5 Å². The van der Waals surface area contributed by atoms with Gasteiger partial charge in [0, 0.05) is 46.7 Å². The lowest BCUT2D eigenvalue weighted by Crippen LogP contribution is -2.22. The Labute approximate surface area is 217 Å². The van der Waals surface area contributed by atoms with Gasteiger partial charge in [0.1, 0.15) is 0 Å². The van der Waals surface area contributed by atoms with E-state index in [1.54, 1.807) is 43.3 Å². The van der Waals surface area contributed by atoms with E-state index in [1.807, 2.05) is 30.3 Å². The summed E-state index contributed by atoms with van der Waals surface area (Å²) >= 11 is 0. The maximum absolute atomic E-state index is 12.9. The smallest absolute Gasteiger partial charge is 0.251 e. The van der Waals surface area contributed by atoms with E-state index in [1.165, 1.54) is 0 Å². The zero-order valence-electron chi connectivity index (χ0n) is 21.2. The Hall–Kier alpha value is -3.91. The lowest BCUT2D eigenvalue weighted by atomic mass is 10.1. The fourth-order valence-corrected chi connectivity index (χ4v) is 5.33. The Morgan fingerprint density at radius 2 is 1.51 bits per heavy atom. The molecule has 0 atom stereocenters. The van der Waals surface area contributed by atoms with Gasteiger partial charge in [-0.25, -0.2) is 8.42 Å². The van der Waals surface area contributed by atoms with Crippen LogP contribution in [0, 0.1) is 0 Å². The van der Waals surface area contributed by atoms with E-state index in [0.29, 0.717) is 24.1 Å². The number of sulfone groups is 1. The maximum Gasteiger partial charge on any atom is 0.251 e. The number of nitrogens with one attached hydrogen (secondary N) is 1. The van der Waals surface area contributed by atoms with E-state index >= 15 is 0 Å². The third-order valence-electron chi connectivity index (χ3n) is 6.44. The number of hydrogen-bond acceptors (Lipinski definition) is 4. The number of nitrogens with zero attached hydrogens (tertiary/aromatic N) is 1. The molecule has 0 saturated heterocycles. The summed E-state index contributed by atoms with van der Waals surface area (Å²) in [5, 5.41) is 3.89. The molecule has 8 heteroatoms. The van der Waals surface area contributed by atoms with Gasteiger partial charge in [-0.1, -0.05) is 31.2 Å². The molecule has 1 heterocycles. The third-order valence-corrected chi connectivity index (χ3v) is 8.19. The van der Waals surface area contributed by atoms with Crippen LogP contribution in [-0.2, 0) is 22.8 Å². The van der Waals surface area contributed by atoms with E-state index in [0.717, 1.165) is 27.7 Å². The normalized spacial score (nSPS) is 11.7. The highest BCUT2D eigenvalue weighted by Gasteiger charge is 2.15. The Morgan fingerprint density at radius 1 is 0.892 bits per heavy atom. The standard InChI is InChI=1S/C29H31N3O4S/c1-4-37(35,36)26-12-7-21(8-13-26)18-31-29(34)23-11-14-27-24(16-23)17-25(32(27)19(2)3)15-20-5-9-22(10-6-20)28(30)33/h5-14,16-17,19H,4,15,18H2,1-3H3,(H2,30,33)(H,31,34). The van der Waals surface area contributed by atoms with Gasteiger partial charge in [-0.2, -0.15) is 0 Å². The van der Waals surface area contributed by atoms with E-state index in [4.69, 9.17) is 5.73 Å². The molecule has 0 aliphatic heterocycles. The number of carbonyl (C=O) groups excluding carboxylic acids is 2. The van der Waals surface area contributed by atoms with E-state index < -0.39 is 15.7 Å². The monoisotopic (exact) mass is 517 g/mol. The van der Waals surface area contributed by atoms with Crippen LogP contribution in [0.1, 0.15) is 64.3 Å². The Bertz CT molecular complexity index is 1550. The number of benzene rings is 3. The first-order valence-corrected chi connectivity index (χ1v) is 13.9. The Balaban J connectivity index is 1.52. The first-order valence-electron chi connectivity index (χ1n) is 12.2. The van der Waals surface area contributed by atoms with Crippen molar-refractivity contribution in [2.45, 2.75) is 44.7 Å². The van der Waals surface area contributed by atoms with Crippen LogP contribution < -0.4 is 11.1 Å². The van der Waals surface area contributed by atoms with Crippen LogP contribution in [0.4, 0.5) is 0 Å². The van der Waals surface area contributed by atoms with Gasteiger partial charge in [-0.3, -0.25) is 9.59 Å². The fraction of sp³-hybridized carbons (Fsp3) is 0.241. The van der Waals surface area contributed by atoms with Crippen molar-refractivity contribution < 1.29 is 18.0 Å². The van der Waals surface area contributed by atoms with Crippen LogP contribution in [0.2, 0.25) is 0 Å². The van der Waals surface area contributed by atoms with Gasteiger partial charge in [-0.15, -0.1) is 0 Å². The lowest BCUT2D eigenvalue weighted by Gasteiger charge is -2.15. The highest BCUT2D eigenvalue weighted by Crippen LogP contribution is 2.27. The van der Waals surface area contributed by atoms with Crippen LogP contribution in [0.3, 0.4) is 0 Å². The van der Waals surface area contributed by atoms with Crippen LogP contribution in [0.5, 0.6) is 0 Å². The first kappa shape index (κ1) is 26.2. The summed E-state index contributed by atoms with van der Waals surface area (Å²) in [4.78, 5) is 24.5. The average molecular weight is 518 g/mol. The second kappa shape index (κ2) is 10.6. The maximum atomic E-state index is 12.9. The SMILES string of the molecule is CCS(=O)(=O)c1ccc(CNC(=O)c2ccc3c(c2)cc(Cc2ccc(C(N)=O)cc2)n3C(C)C)cc1. The highest BCUT2D eigenvalue weighted by molar-refractivity contribution is 7.91. The summed E-state index contributed by atoms with van der Waals surface area (Å²) in [6.45, 7) is 6.15. The molecule has 0 aliphatic rings. The molecular formula is C29H31N3O4S. The van der Waals surface area contributed by atoms with Gasteiger partial charge in [0.15, 0.2) is 9.84 Å². The van der Waals surface area contributed by atoms with Crippen molar-refractivity contribution in [3.05, 3.63) is 101 Å². The molecule has 4 aromatic rings. The first-order chi connectivity index (χ1) is 17.6. The quantitative estimate of drug-likeness (QED) is 0.337. The number of hydrogen-bond donors (Lipinski definition) is 2. The minimum absolute atomic E-state index is 0.0490. The molecule has 0 aliphatic carbocycles. The molecule has 1 aromatic heterocycles. The molecule has 4 rings (SSSR count). The van der Waals surface area contributed by atoms with Crippen LogP contribution >= 0.6 is 0 Å². The molecular weight excluding hydrogens is 486 g/mol. The van der Waals surface area contributed by atoms with Gasteiger partial charge in [0.25, 0.3) is 5.91 Å². The number of aromatic nitrogens is 1. The minimum Gasteiger partial charge on any atom is -0.366 e. The van der Waals surface area contributed by atoms with E-state index in [2.05, 4.69) is 29.8 Å². The fourth-order valence-electron chi connectivity index (χ4n) is 4.44. The van der Waals surface area contributed by atoms with E-state index in [9.17, 15) is 18.0 Å². The summed E-state index contributed by atoms with van der Waals surface area (Å²) in [5.74, 6) is -0.601. The molecule has 37 heavy (non-hydrogen) atoms. The molecule has 0 bridgehead atoms. The van der Waals surface area contributed by atoms with E-state index in [-0.39, 0.29) is 22.6 Å². The molecule has 0 unspecified atom stereocenters. The average Bonchev–Trinajstić information content (AvgIpc) is 3.25. The molecule has 2 amide bonds. The molecule has 3 aromatic carbocycles. The van der Waals surface area contributed by atoms with Gasteiger partial charge in [0.2, 0.25) is 5.91 Å². The largest absolute Gasteiger partial charge is 0.366 e. The van der Waals surface area contributed by atoms with Crippen LogP contribution in [0.25, 0.3) is 10.9 Å². The van der Waals surface area contributed by atoms with Gasteiger partial charge >= 0.3 is 0 Å². The summed E-state index contributed by atoms with van der Waals surface area (Å²) in [7, 11) is -3.25. The summed E-state index contributed by atoms with van der Waals surface area (Å²) in [6.07, 6.45) is 0.678. The van der Waals surface area contributed by atoms with Gasteiger partial charge in [0.05, 0.1) is 10.6 Å².